The highest BCUT2D eigenvalue weighted by atomic mass is 16.5. The monoisotopic (exact) mass is 300 g/mol. The third-order valence-corrected chi connectivity index (χ3v) is 3.54. The molecule has 0 heterocycles. The molecule has 0 aromatic carbocycles. The van der Waals surface area contributed by atoms with E-state index in [4.69, 9.17) is 9.47 Å². The molecule has 2 atom stereocenters. The molecule has 0 saturated heterocycles. The van der Waals surface area contributed by atoms with E-state index in [1.165, 1.54) is 39.5 Å². The normalized spacial score (nSPS) is 13.5. The van der Waals surface area contributed by atoms with Crippen molar-refractivity contribution in [1.29, 1.82) is 0 Å². The van der Waals surface area contributed by atoms with E-state index in [-0.39, 0.29) is 24.1 Å². The first-order valence-corrected chi connectivity index (χ1v) is 8.30. The van der Waals surface area contributed by atoms with E-state index in [2.05, 4.69) is 6.92 Å². The van der Waals surface area contributed by atoms with Gasteiger partial charge in [-0.15, -0.1) is 0 Å². The zero-order chi connectivity index (χ0) is 16.1. The molecule has 0 aromatic rings. The second kappa shape index (κ2) is 12.7. The number of ether oxygens (including phenoxy) is 2. The molecule has 0 spiro atoms. The van der Waals surface area contributed by atoms with Crippen LogP contribution < -0.4 is 0 Å². The Morgan fingerprint density at radius 2 is 1.29 bits per heavy atom. The zero-order valence-electron chi connectivity index (χ0n) is 14.2. The lowest BCUT2D eigenvalue weighted by Crippen LogP contribution is -2.14. The lowest BCUT2D eigenvalue weighted by atomic mass is 10.0. The van der Waals surface area contributed by atoms with E-state index in [0.29, 0.717) is 0 Å². The van der Waals surface area contributed by atoms with E-state index in [0.717, 1.165) is 32.1 Å². The molecule has 0 radical (unpaired) electrons. The highest BCUT2D eigenvalue weighted by molar-refractivity contribution is 5.66. The fourth-order valence-electron chi connectivity index (χ4n) is 2.43. The van der Waals surface area contributed by atoms with Crippen LogP contribution in [0.5, 0.6) is 0 Å². The molecule has 0 aliphatic carbocycles. The average Bonchev–Trinajstić information content (AvgIpc) is 2.39. The molecule has 0 amide bonds. The van der Waals surface area contributed by atoms with Crippen LogP contribution in [0.15, 0.2) is 0 Å². The summed E-state index contributed by atoms with van der Waals surface area (Å²) in [5.41, 5.74) is 0. The predicted octanol–water partition coefficient (Wildman–Crippen LogP) is 4.40. The summed E-state index contributed by atoms with van der Waals surface area (Å²) < 4.78 is 10.3. The SMILES string of the molecule is CCC(CCCCCCCCC(C)OC(C)=O)OC(C)=O. The quantitative estimate of drug-likeness (QED) is 0.396. The molecule has 0 saturated carbocycles. The Balaban J connectivity index is 3.39. The number of carbonyl (C=O) groups is 2. The van der Waals surface area contributed by atoms with Crippen LogP contribution in [0.25, 0.3) is 0 Å². The topological polar surface area (TPSA) is 52.6 Å². The number of unbranched alkanes of at least 4 members (excludes halogenated alkanes) is 5. The summed E-state index contributed by atoms with van der Waals surface area (Å²) in [5, 5.41) is 0. The van der Waals surface area contributed by atoms with Gasteiger partial charge in [0.05, 0.1) is 6.10 Å². The van der Waals surface area contributed by atoms with E-state index in [1.54, 1.807) is 0 Å². The summed E-state index contributed by atoms with van der Waals surface area (Å²) in [6.45, 7) is 6.93. The van der Waals surface area contributed by atoms with Crippen molar-refractivity contribution < 1.29 is 19.1 Å². The number of rotatable bonds is 12. The second-order valence-corrected chi connectivity index (χ2v) is 5.76. The van der Waals surface area contributed by atoms with Crippen LogP contribution in [-0.4, -0.2) is 24.1 Å². The van der Waals surface area contributed by atoms with Gasteiger partial charge in [0.2, 0.25) is 0 Å². The van der Waals surface area contributed by atoms with Gasteiger partial charge >= 0.3 is 11.9 Å². The summed E-state index contributed by atoms with van der Waals surface area (Å²) in [6.07, 6.45) is 10.00. The summed E-state index contributed by atoms with van der Waals surface area (Å²) in [4.78, 5) is 21.6. The van der Waals surface area contributed by atoms with Crippen LogP contribution in [0.3, 0.4) is 0 Å². The molecular weight excluding hydrogens is 268 g/mol. The van der Waals surface area contributed by atoms with Gasteiger partial charge in [0.25, 0.3) is 0 Å². The smallest absolute Gasteiger partial charge is 0.302 e. The third kappa shape index (κ3) is 13.7. The highest BCUT2D eigenvalue weighted by Gasteiger charge is 2.08. The lowest BCUT2D eigenvalue weighted by Gasteiger charge is -2.14. The van der Waals surface area contributed by atoms with Crippen molar-refractivity contribution in [3.63, 3.8) is 0 Å². The molecule has 2 unspecified atom stereocenters. The van der Waals surface area contributed by atoms with Crippen molar-refractivity contribution >= 4 is 11.9 Å². The van der Waals surface area contributed by atoms with Crippen LogP contribution in [0.1, 0.15) is 85.5 Å². The number of esters is 2. The fourth-order valence-corrected chi connectivity index (χ4v) is 2.43. The lowest BCUT2D eigenvalue weighted by molar-refractivity contribution is -0.147. The van der Waals surface area contributed by atoms with Gasteiger partial charge in [0.1, 0.15) is 6.10 Å². The molecule has 0 aliphatic heterocycles. The van der Waals surface area contributed by atoms with Gasteiger partial charge in [-0.3, -0.25) is 9.59 Å². The average molecular weight is 300 g/mol. The van der Waals surface area contributed by atoms with Crippen molar-refractivity contribution in [2.45, 2.75) is 97.7 Å². The van der Waals surface area contributed by atoms with Crippen molar-refractivity contribution in [2.75, 3.05) is 0 Å². The Labute approximate surface area is 129 Å². The second-order valence-electron chi connectivity index (χ2n) is 5.76. The first-order chi connectivity index (χ1) is 9.95. The van der Waals surface area contributed by atoms with Gasteiger partial charge in [0, 0.05) is 13.8 Å². The van der Waals surface area contributed by atoms with E-state index in [1.807, 2.05) is 6.92 Å². The van der Waals surface area contributed by atoms with Crippen LogP contribution >= 0.6 is 0 Å². The van der Waals surface area contributed by atoms with Crippen molar-refractivity contribution in [1.82, 2.24) is 0 Å². The Morgan fingerprint density at radius 3 is 1.76 bits per heavy atom. The van der Waals surface area contributed by atoms with Crippen LogP contribution in [-0.2, 0) is 19.1 Å². The summed E-state index contributed by atoms with van der Waals surface area (Å²) in [7, 11) is 0. The first-order valence-electron chi connectivity index (χ1n) is 8.30. The molecule has 0 aromatic heterocycles. The van der Waals surface area contributed by atoms with Crippen molar-refractivity contribution in [3.8, 4) is 0 Å². The molecule has 0 rings (SSSR count). The first kappa shape index (κ1) is 19.9. The molecule has 4 heteroatoms. The molecular formula is C17H32O4. The molecule has 0 fully saturated rings. The van der Waals surface area contributed by atoms with Gasteiger partial charge in [-0.25, -0.2) is 0 Å². The van der Waals surface area contributed by atoms with Crippen molar-refractivity contribution in [2.24, 2.45) is 0 Å². The summed E-state index contributed by atoms with van der Waals surface area (Å²) in [5.74, 6) is -0.371. The Bertz CT molecular complexity index is 289. The van der Waals surface area contributed by atoms with Gasteiger partial charge < -0.3 is 9.47 Å². The Morgan fingerprint density at radius 1 is 0.810 bits per heavy atom. The van der Waals surface area contributed by atoms with Gasteiger partial charge in [-0.05, 0) is 39.0 Å². The van der Waals surface area contributed by atoms with E-state index < -0.39 is 0 Å². The summed E-state index contributed by atoms with van der Waals surface area (Å²) in [6, 6.07) is 0. The minimum absolute atomic E-state index is 0.0385. The van der Waals surface area contributed by atoms with E-state index >= 15 is 0 Å². The molecule has 0 aliphatic rings. The van der Waals surface area contributed by atoms with E-state index in [9.17, 15) is 9.59 Å². The number of carbonyl (C=O) groups excluding carboxylic acids is 2. The third-order valence-electron chi connectivity index (χ3n) is 3.54. The van der Waals surface area contributed by atoms with Gasteiger partial charge in [-0.1, -0.05) is 32.6 Å². The molecule has 4 nitrogen and oxygen atoms in total. The number of hydrogen-bond donors (Lipinski definition) is 0. The van der Waals surface area contributed by atoms with Crippen LogP contribution in [0.4, 0.5) is 0 Å². The van der Waals surface area contributed by atoms with Gasteiger partial charge in [0.15, 0.2) is 0 Å². The van der Waals surface area contributed by atoms with Crippen molar-refractivity contribution in [3.05, 3.63) is 0 Å². The summed E-state index contributed by atoms with van der Waals surface area (Å²) >= 11 is 0. The predicted molar refractivity (Wildman–Crippen MR) is 84.0 cm³/mol. The molecule has 124 valence electrons. The zero-order valence-corrected chi connectivity index (χ0v) is 14.2. The molecule has 0 bridgehead atoms. The maximum absolute atomic E-state index is 10.9. The standard InChI is InChI=1S/C17H32O4/c1-5-17(21-16(4)19)13-11-9-7-6-8-10-12-14(2)20-15(3)18/h14,17H,5-13H2,1-4H3. The van der Waals surface area contributed by atoms with Gasteiger partial charge in [-0.2, -0.15) is 0 Å². The maximum atomic E-state index is 10.9. The molecule has 0 N–H and O–H groups in total. The van der Waals surface area contributed by atoms with Crippen LogP contribution in [0, 0.1) is 0 Å². The highest BCUT2D eigenvalue weighted by Crippen LogP contribution is 2.14. The molecule has 21 heavy (non-hydrogen) atoms. The Kier molecular flexibility index (Phi) is 12.0. The number of hydrogen-bond acceptors (Lipinski definition) is 4. The fraction of sp³-hybridized carbons (Fsp3) is 0.882. The van der Waals surface area contributed by atoms with Crippen LogP contribution in [0.2, 0.25) is 0 Å². The Hall–Kier alpha value is -1.06. The minimum atomic E-state index is -0.194. The minimum Gasteiger partial charge on any atom is -0.463 e. The largest absolute Gasteiger partial charge is 0.463 e. The maximum Gasteiger partial charge on any atom is 0.302 e.